The first-order valence-electron chi connectivity index (χ1n) is 9.17. The molecule has 1 aromatic heterocycles. The number of carbonyl (C=O) groups is 2. The summed E-state index contributed by atoms with van der Waals surface area (Å²) in [6.45, 7) is 5.56. The normalized spacial score (nSPS) is 17.2. The van der Waals surface area contributed by atoms with Crippen LogP contribution in [0.4, 0.5) is 0 Å². The number of rotatable bonds is 6. The van der Waals surface area contributed by atoms with Crippen LogP contribution in [0.15, 0.2) is 24.3 Å². The molecule has 1 N–H and O–H groups in total. The van der Waals surface area contributed by atoms with Crippen molar-refractivity contribution in [2.24, 2.45) is 0 Å². The predicted molar refractivity (Wildman–Crippen MR) is 97.1 cm³/mol. The minimum Gasteiger partial charge on any atom is -0.354 e. The summed E-state index contributed by atoms with van der Waals surface area (Å²) >= 11 is 0. The Bertz CT molecular complexity index is 768. The molecular formula is C19H26N4O2. The van der Waals surface area contributed by atoms with Crippen molar-refractivity contribution in [2.45, 2.75) is 52.1 Å². The zero-order valence-corrected chi connectivity index (χ0v) is 15.0. The summed E-state index contributed by atoms with van der Waals surface area (Å²) in [7, 11) is 0. The van der Waals surface area contributed by atoms with Crippen molar-refractivity contribution in [3.05, 3.63) is 30.0 Å². The second-order valence-electron chi connectivity index (χ2n) is 6.51. The van der Waals surface area contributed by atoms with Crippen LogP contribution in [0.1, 0.15) is 38.8 Å². The van der Waals surface area contributed by atoms with Crippen LogP contribution in [-0.4, -0.2) is 45.6 Å². The molecule has 0 aliphatic carbocycles. The van der Waals surface area contributed by atoms with Gasteiger partial charge in [0.1, 0.15) is 12.6 Å². The van der Waals surface area contributed by atoms with E-state index >= 15 is 0 Å². The van der Waals surface area contributed by atoms with Crippen LogP contribution in [-0.2, 0) is 22.6 Å². The van der Waals surface area contributed by atoms with Gasteiger partial charge in [-0.15, -0.1) is 0 Å². The lowest BCUT2D eigenvalue weighted by molar-refractivity contribution is -0.139. The monoisotopic (exact) mass is 342 g/mol. The number of nitrogens with one attached hydrogen (secondary N) is 1. The van der Waals surface area contributed by atoms with Crippen molar-refractivity contribution in [3.8, 4) is 0 Å². The number of nitrogens with zero attached hydrogens (tertiary/aromatic N) is 3. The van der Waals surface area contributed by atoms with Crippen LogP contribution < -0.4 is 5.32 Å². The Hall–Kier alpha value is -2.37. The molecule has 3 rings (SSSR count). The van der Waals surface area contributed by atoms with Crippen molar-refractivity contribution in [1.82, 2.24) is 20.0 Å². The summed E-state index contributed by atoms with van der Waals surface area (Å²) in [6, 6.07) is 7.64. The molecule has 1 fully saturated rings. The molecule has 1 atom stereocenters. The van der Waals surface area contributed by atoms with Gasteiger partial charge in [0.15, 0.2) is 0 Å². The third-order valence-corrected chi connectivity index (χ3v) is 4.78. The molecule has 0 bridgehead atoms. The lowest BCUT2D eigenvalue weighted by Crippen LogP contribution is -2.47. The quantitative estimate of drug-likeness (QED) is 0.874. The van der Waals surface area contributed by atoms with Crippen LogP contribution in [0, 0.1) is 0 Å². The zero-order chi connectivity index (χ0) is 17.8. The number of para-hydroxylation sites is 1. The molecule has 2 amide bonds. The van der Waals surface area contributed by atoms with Gasteiger partial charge in [-0.05, 0) is 31.7 Å². The highest BCUT2D eigenvalue weighted by Crippen LogP contribution is 2.21. The Morgan fingerprint density at radius 2 is 2.08 bits per heavy atom. The first-order chi connectivity index (χ1) is 12.2. The molecule has 1 saturated heterocycles. The summed E-state index contributed by atoms with van der Waals surface area (Å²) < 4.78 is 1.77. The summed E-state index contributed by atoms with van der Waals surface area (Å²) in [5.74, 6) is -0.0719. The van der Waals surface area contributed by atoms with E-state index in [9.17, 15) is 9.59 Å². The van der Waals surface area contributed by atoms with Crippen molar-refractivity contribution < 1.29 is 9.59 Å². The molecule has 6 heteroatoms. The van der Waals surface area contributed by atoms with Gasteiger partial charge in [-0.3, -0.25) is 14.3 Å². The van der Waals surface area contributed by atoms with E-state index in [0.29, 0.717) is 13.1 Å². The lowest BCUT2D eigenvalue weighted by atomic mass is 10.2. The molecule has 0 unspecified atom stereocenters. The van der Waals surface area contributed by atoms with E-state index in [1.807, 2.05) is 31.2 Å². The van der Waals surface area contributed by atoms with Crippen LogP contribution >= 0.6 is 0 Å². The van der Waals surface area contributed by atoms with E-state index < -0.39 is 0 Å². The fourth-order valence-corrected chi connectivity index (χ4v) is 3.50. The average Bonchev–Trinajstić information content (AvgIpc) is 3.25. The SMILES string of the molecule is CCCNC(=O)[C@@H]1CCCN1C(=O)Cn1nc(CC)c2ccccc21. The molecule has 0 radical (unpaired) electrons. The van der Waals surface area contributed by atoms with Gasteiger partial charge in [-0.25, -0.2) is 0 Å². The minimum atomic E-state index is -0.341. The van der Waals surface area contributed by atoms with Gasteiger partial charge in [0.25, 0.3) is 0 Å². The predicted octanol–water partition coefficient (Wildman–Crippen LogP) is 2.12. The van der Waals surface area contributed by atoms with E-state index in [1.54, 1.807) is 9.58 Å². The fourth-order valence-electron chi connectivity index (χ4n) is 3.50. The Balaban J connectivity index is 1.77. The first kappa shape index (κ1) is 17.5. The second kappa shape index (κ2) is 7.68. The number of amides is 2. The summed E-state index contributed by atoms with van der Waals surface area (Å²) in [5.41, 5.74) is 1.97. The largest absolute Gasteiger partial charge is 0.354 e. The van der Waals surface area contributed by atoms with Crippen LogP contribution in [0.25, 0.3) is 10.9 Å². The molecule has 134 valence electrons. The topological polar surface area (TPSA) is 67.2 Å². The highest BCUT2D eigenvalue weighted by atomic mass is 16.2. The molecule has 6 nitrogen and oxygen atoms in total. The Labute approximate surface area is 148 Å². The number of aromatic nitrogens is 2. The van der Waals surface area contributed by atoms with Crippen molar-refractivity contribution >= 4 is 22.7 Å². The lowest BCUT2D eigenvalue weighted by Gasteiger charge is -2.24. The van der Waals surface area contributed by atoms with Gasteiger partial charge < -0.3 is 10.2 Å². The third kappa shape index (κ3) is 3.52. The number of likely N-dealkylation sites (tertiary alicyclic amines) is 1. The molecule has 0 saturated carbocycles. The maximum atomic E-state index is 12.8. The number of fused-ring (bicyclic) bond motifs is 1. The highest BCUT2D eigenvalue weighted by Gasteiger charge is 2.34. The maximum absolute atomic E-state index is 12.8. The molecule has 2 aromatic rings. The number of benzene rings is 1. The van der Waals surface area contributed by atoms with Crippen LogP contribution in [0.5, 0.6) is 0 Å². The second-order valence-corrected chi connectivity index (χ2v) is 6.51. The third-order valence-electron chi connectivity index (χ3n) is 4.78. The van der Waals surface area contributed by atoms with E-state index in [0.717, 1.165) is 42.3 Å². The van der Waals surface area contributed by atoms with Gasteiger partial charge in [0.2, 0.25) is 11.8 Å². The number of carbonyl (C=O) groups excluding carboxylic acids is 2. The van der Waals surface area contributed by atoms with E-state index in [1.165, 1.54) is 0 Å². The van der Waals surface area contributed by atoms with Crippen LogP contribution in [0.3, 0.4) is 0 Å². The van der Waals surface area contributed by atoms with Crippen LogP contribution in [0.2, 0.25) is 0 Å². The van der Waals surface area contributed by atoms with E-state index in [2.05, 4.69) is 17.3 Å². The van der Waals surface area contributed by atoms with Gasteiger partial charge in [0, 0.05) is 18.5 Å². The molecule has 0 spiro atoms. The number of hydrogen-bond donors (Lipinski definition) is 1. The summed E-state index contributed by atoms with van der Waals surface area (Å²) in [5, 5.41) is 8.61. The number of aryl methyl sites for hydroxylation is 1. The summed E-state index contributed by atoms with van der Waals surface area (Å²) in [6.07, 6.45) is 3.33. The fraction of sp³-hybridized carbons (Fsp3) is 0.526. The first-order valence-corrected chi connectivity index (χ1v) is 9.17. The van der Waals surface area contributed by atoms with E-state index in [4.69, 9.17) is 0 Å². The minimum absolute atomic E-state index is 0.0349. The van der Waals surface area contributed by atoms with Crippen molar-refractivity contribution in [3.63, 3.8) is 0 Å². The highest BCUT2D eigenvalue weighted by molar-refractivity contribution is 5.89. The molecule has 25 heavy (non-hydrogen) atoms. The molecule has 2 heterocycles. The van der Waals surface area contributed by atoms with Gasteiger partial charge >= 0.3 is 0 Å². The molecule has 1 aromatic carbocycles. The smallest absolute Gasteiger partial charge is 0.245 e. The van der Waals surface area contributed by atoms with Gasteiger partial charge in [0.05, 0.1) is 11.2 Å². The Morgan fingerprint density at radius 3 is 2.84 bits per heavy atom. The number of hydrogen-bond acceptors (Lipinski definition) is 3. The maximum Gasteiger partial charge on any atom is 0.245 e. The van der Waals surface area contributed by atoms with Gasteiger partial charge in [-0.1, -0.05) is 32.0 Å². The standard InChI is InChI=1S/C19H26N4O2/c1-3-11-20-19(25)17-10-7-12-22(17)18(24)13-23-16-9-6-5-8-14(16)15(4-2)21-23/h5-6,8-9,17H,3-4,7,10-13H2,1-2H3,(H,20,25)/t17-/m0/s1. The molecule has 1 aliphatic heterocycles. The molecular weight excluding hydrogens is 316 g/mol. The molecule has 1 aliphatic rings. The van der Waals surface area contributed by atoms with Crippen molar-refractivity contribution in [1.29, 1.82) is 0 Å². The summed E-state index contributed by atoms with van der Waals surface area (Å²) in [4.78, 5) is 26.9. The Morgan fingerprint density at radius 1 is 1.28 bits per heavy atom. The van der Waals surface area contributed by atoms with E-state index in [-0.39, 0.29) is 24.4 Å². The Kier molecular flexibility index (Phi) is 5.36. The zero-order valence-electron chi connectivity index (χ0n) is 15.0. The van der Waals surface area contributed by atoms with Gasteiger partial charge in [-0.2, -0.15) is 5.10 Å². The average molecular weight is 342 g/mol. The van der Waals surface area contributed by atoms with Crippen molar-refractivity contribution in [2.75, 3.05) is 13.1 Å².